The van der Waals surface area contributed by atoms with E-state index in [-0.39, 0.29) is 5.60 Å². The molecule has 19 heavy (non-hydrogen) atoms. The molecule has 0 saturated heterocycles. The second kappa shape index (κ2) is 4.65. The Morgan fingerprint density at radius 3 is 2.89 bits per heavy atom. The van der Waals surface area contributed by atoms with E-state index in [0.29, 0.717) is 5.95 Å². The third-order valence-electron chi connectivity index (χ3n) is 3.81. The first-order valence-corrected chi connectivity index (χ1v) is 6.44. The summed E-state index contributed by atoms with van der Waals surface area (Å²) in [7, 11) is 3.57. The van der Waals surface area contributed by atoms with Gasteiger partial charge >= 0.3 is 0 Å². The predicted molar refractivity (Wildman–Crippen MR) is 73.3 cm³/mol. The summed E-state index contributed by atoms with van der Waals surface area (Å²) in [5.41, 5.74) is 0.683. The molecule has 0 bridgehead atoms. The van der Waals surface area contributed by atoms with E-state index < -0.39 is 0 Å². The van der Waals surface area contributed by atoms with Gasteiger partial charge in [0.2, 0.25) is 5.95 Å². The number of hydrogen-bond acceptors (Lipinski definition) is 6. The highest BCUT2D eigenvalue weighted by molar-refractivity contribution is 5.86. The molecule has 3 N–H and O–H groups in total. The first kappa shape index (κ1) is 12.2. The molecule has 0 unspecified atom stereocenters. The van der Waals surface area contributed by atoms with Crippen LogP contribution in [0.5, 0.6) is 0 Å². The van der Waals surface area contributed by atoms with Crippen molar-refractivity contribution in [1.82, 2.24) is 20.2 Å². The molecule has 0 radical (unpaired) electrons. The number of nitrogens with zero attached hydrogens (tertiary/aromatic N) is 3. The average Bonchev–Trinajstić information content (AvgIpc) is 2.85. The first-order valence-electron chi connectivity index (χ1n) is 6.44. The molecule has 102 valence electrons. The fraction of sp³-hybridized carbons (Fsp3) is 0.583. The summed E-state index contributed by atoms with van der Waals surface area (Å²) >= 11 is 0. The molecule has 1 fully saturated rings. The van der Waals surface area contributed by atoms with E-state index in [0.717, 1.165) is 36.2 Å². The van der Waals surface area contributed by atoms with E-state index in [4.69, 9.17) is 4.74 Å². The maximum Gasteiger partial charge on any atom is 0.226 e. The Labute approximate surface area is 111 Å². The summed E-state index contributed by atoms with van der Waals surface area (Å²) in [6, 6.07) is 0. The number of aromatic nitrogens is 4. The molecule has 0 atom stereocenters. The molecule has 2 heterocycles. The van der Waals surface area contributed by atoms with Crippen LogP contribution >= 0.6 is 0 Å². The first-order chi connectivity index (χ1) is 9.26. The maximum absolute atomic E-state index is 5.60. The van der Waals surface area contributed by atoms with Gasteiger partial charge in [0.05, 0.1) is 17.2 Å². The van der Waals surface area contributed by atoms with Crippen molar-refractivity contribution in [3.05, 3.63) is 6.20 Å². The third-order valence-corrected chi connectivity index (χ3v) is 3.81. The van der Waals surface area contributed by atoms with Crippen LogP contribution in [-0.2, 0) is 4.74 Å². The maximum atomic E-state index is 5.60. The quantitative estimate of drug-likeness (QED) is 0.754. The molecule has 1 saturated carbocycles. The Hall–Kier alpha value is -1.89. The van der Waals surface area contributed by atoms with Crippen LogP contribution in [0.4, 0.5) is 11.8 Å². The van der Waals surface area contributed by atoms with Crippen molar-refractivity contribution >= 4 is 22.8 Å². The SMILES string of the molecule is CNc1nc(NCC2(OC)CCC2)c2cn[nH]c2n1. The zero-order chi connectivity index (χ0) is 13.3. The number of hydrogen-bond donors (Lipinski definition) is 3. The van der Waals surface area contributed by atoms with Gasteiger partial charge in [-0.25, -0.2) is 0 Å². The molecular weight excluding hydrogens is 244 g/mol. The molecule has 3 rings (SSSR count). The van der Waals surface area contributed by atoms with Gasteiger partial charge in [-0.15, -0.1) is 0 Å². The van der Waals surface area contributed by atoms with E-state index in [1.807, 2.05) is 0 Å². The van der Waals surface area contributed by atoms with E-state index >= 15 is 0 Å². The number of anilines is 2. The minimum atomic E-state index is -0.0409. The Balaban J connectivity index is 1.85. The van der Waals surface area contributed by atoms with Crippen LogP contribution in [0.3, 0.4) is 0 Å². The topological polar surface area (TPSA) is 87.8 Å². The second-order valence-electron chi connectivity index (χ2n) is 4.87. The smallest absolute Gasteiger partial charge is 0.226 e. The van der Waals surface area contributed by atoms with E-state index in [1.165, 1.54) is 6.42 Å². The van der Waals surface area contributed by atoms with Gasteiger partial charge < -0.3 is 15.4 Å². The standard InChI is InChI=1S/C12H18N6O/c1-13-11-16-9(8-6-15-18-10(8)17-11)14-7-12(19-2)4-3-5-12/h6H,3-5,7H2,1-2H3,(H3,13,14,15,16,17,18). The lowest BCUT2D eigenvalue weighted by atomic mass is 9.80. The van der Waals surface area contributed by atoms with Gasteiger partial charge in [-0.1, -0.05) is 0 Å². The molecule has 0 aromatic carbocycles. The van der Waals surface area contributed by atoms with Crippen LogP contribution in [0.15, 0.2) is 6.20 Å². The van der Waals surface area contributed by atoms with Gasteiger partial charge in [0.15, 0.2) is 5.65 Å². The van der Waals surface area contributed by atoms with Gasteiger partial charge in [0.1, 0.15) is 5.82 Å². The van der Waals surface area contributed by atoms with Gasteiger partial charge in [-0.3, -0.25) is 5.10 Å². The highest BCUT2D eigenvalue weighted by Crippen LogP contribution is 2.35. The van der Waals surface area contributed by atoms with Crippen molar-refractivity contribution < 1.29 is 4.74 Å². The summed E-state index contributed by atoms with van der Waals surface area (Å²) in [5.74, 6) is 1.35. The average molecular weight is 262 g/mol. The van der Waals surface area contributed by atoms with Crippen LogP contribution in [0.25, 0.3) is 11.0 Å². The number of methoxy groups -OCH3 is 1. The van der Waals surface area contributed by atoms with Crippen molar-refractivity contribution in [2.75, 3.05) is 31.3 Å². The summed E-state index contributed by atoms with van der Waals surface area (Å²) in [6.07, 6.45) is 5.14. The number of nitrogens with one attached hydrogen (secondary N) is 3. The van der Waals surface area contributed by atoms with Crippen molar-refractivity contribution in [3.8, 4) is 0 Å². The zero-order valence-corrected chi connectivity index (χ0v) is 11.2. The van der Waals surface area contributed by atoms with Crippen LogP contribution < -0.4 is 10.6 Å². The lowest BCUT2D eigenvalue weighted by molar-refractivity contribution is -0.0601. The molecular formula is C12H18N6O. The Morgan fingerprint density at radius 2 is 2.26 bits per heavy atom. The summed E-state index contributed by atoms with van der Waals surface area (Å²) in [6.45, 7) is 0.754. The summed E-state index contributed by atoms with van der Waals surface area (Å²) < 4.78 is 5.60. The van der Waals surface area contributed by atoms with Crippen LogP contribution in [0.1, 0.15) is 19.3 Å². The Kier molecular flexibility index (Phi) is 2.98. The minimum Gasteiger partial charge on any atom is -0.376 e. The molecule has 7 nitrogen and oxygen atoms in total. The van der Waals surface area contributed by atoms with Crippen LogP contribution in [0.2, 0.25) is 0 Å². The van der Waals surface area contributed by atoms with Crippen molar-refractivity contribution in [1.29, 1.82) is 0 Å². The fourth-order valence-electron chi connectivity index (χ4n) is 2.35. The number of ether oxygens (including phenoxy) is 1. The normalized spacial score (nSPS) is 17.2. The van der Waals surface area contributed by atoms with Gasteiger partial charge in [-0.05, 0) is 19.3 Å². The lowest BCUT2D eigenvalue weighted by Crippen LogP contribution is -2.45. The molecule has 0 amide bonds. The van der Waals surface area contributed by atoms with E-state index in [2.05, 4.69) is 30.8 Å². The number of H-pyrrole nitrogens is 1. The van der Waals surface area contributed by atoms with Gasteiger partial charge in [0, 0.05) is 20.7 Å². The largest absolute Gasteiger partial charge is 0.376 e. The molecule has 1 aliphatic rings. The number of rotatable bonds is 5. The highest BCUT2D eigenvalue weighted by atomic mass is 16.5. The summed E-state index contributed by atoms with van der Waals surface area (Å²) in [5, 5.41) is 14.1. The predicted octanol–water partition coefficient (Wildman–Crippen LogP) is 1.38. The fourth-order valence-corrected chi connectivity index (χ4v) is 2.35. The highest BCUT2D eigenvalue weighted by Gasteiger charge is 2.36. The van der Waals surface area contributed by atoms with Crippen molar-refractivity contribution in [2.45, 2.75) is 24.9 Å². The third kappa shape index (κ3) is 2.10. The molecule has 2 aromatic rings. The molecule has 0 spiro atoms. The minimum absolute atomic E-state index is 0.0409. The van der Waals surface area contributed by atoms with Crippen LogP contribution in [0, 0.1) is 0 Å². The Morgan fingerprint density at radius 1 is 1.42 bits per heavy atom. The van der Waals surface area contributed by atoms with E-state index in [1.54, 1.807) is 20.4 Å². The zero-order valence-electron chi connectivity index (χ0n) is 11.2. The summed E-state index contributed by atoms with van der Waals surface area (Å²) in [4.78, 5) is 8.74. The van der Waals surface area contributed by atoms with Gasteiger partial charge in [0.25, 0.3) is 0 Å². The molecule has 2 aromatic heterocycles. The monoisotopic (exact) mass is 262 g/mol. The molecule has 0 aliphatic heterocycles. The number of aromatic amines is 1. The van der Waals surface area contributed by atoms with Crippen molar-refractivity contribution in [3.63, 3.8) is 0 Å². The lowest BCUT2D eigenvalue weighted by Gasteiger charge is -2.40. The molecule has 7 heteroatoms. The second-order valence-corrected chi connectivity index (χ2v) is 4.87. The van der Waals surface area contributed by atoms with Gasteiger partial charge in [-0.2, -0.15) is 15.1 Å². The molecule has 1 aliphatic carbocycles. The number of fused-ring (bicyclic) bond motifs is 1. The Bertz CT molecular complexity index is 571. The van der Waals surface area contributed by atoms with E-state index in [9.17, 15) is 0 Å². The van der Waals surface area contributed by atoms with Crippen LogP contribution in [-0.4, -0.2) is 46.5 Å². The van der Waals surface area contributed by atoms with Crippen molar-refractivity contribution in [2.24, 2.45) is 0 Å².